The van der Waals surface area contributed by atoms with E-state index in [1.54, 1.807) is 10.6 Å². The third-order valence-electron chi connectivity index (χ3n) is 5.58. The fourth-order valence-electron chi connectivity index (χ4n) is 4.26. The summed E-state index contributed by atoms with van der Waals surface area (Å²) in [5, 5.41) is 4.52. The van der Waals surface area contributed by atoms with Crippen molar-refractivity contribution >= 4 is 40.1 Å². The monoisotopic (exact) mass is 448 g/mol. The van der Waals surface area contributed by atoms with E-state index >= 15 is 0 Å². The van der Waals surface area contributed by atoms with Crippen LogP contribution in [0.2, 0.25) is 5.02 Å². The molecule has 0 saturated carbocycles. The largest absolute Gasteiger partial charge is 0.353 e. The SMILES string of the molecule is C[C@H]1CN(c2nc(=O)n3c4c(c(-c5ccc(F)cc5F)c(Cl)cc24)SCC3)CCN1. The summed E-state index contributed by atoms with van der Waals surface area (Å²) in [5.41, 5.74) is 1.11. The first-order valence-electron chi connectivity index (χ1n) is 9.77. The van der Waals surface area contributed by atoms with E-state index in [4.69, 9.17) is 11.6 Å². The number of nitrogens with zero attached hydrogens (tertiary/aromatic N) is 3. The molecule has 0 spiro atoms. The molecule has 1 fully saturated rings. The molecule has 0 bridgehead atoms. The zero-order valence-electron chi connectivity index (χ0n) is 16.2. The van der Waals surface area contributed by atoms with Crippen LogP contribution >= 0.6 is 23.4 Å². The van der Waals surface area contributed by atoms with E-state index in [1.807, 2.05) is 0 Å². The van der Waals surface area contributed by atoms with Gasteiger partial charge in [0.1, 0.15) is 17.5 Å². The van der Waals surface area contributed by atoms with Gasteiger partial charge in [0.2, 0.25) is 0 Å². The van der Waals surface area contributed by atoms with Gasteiger partial charge in [-0.1, -0.05) is 11.6 Å². The summed E-state index contributed by atoms with van der Waals surface area (Å²) in [6.45, 7) is 4.85. The van der Waals surface area contributed by atoms with Gasteiger partial charge in [-0.15, -0.1) is 11.8 Å². The molecule has 1 N–H and O–H groups in total. The Bertz CT molecular complexity index is 1230. The molecular formula is C21H19ClF2N4OS. The van der Waals surface area contributed by atoms with Gasteiger partial charge < -0.3 is 10.2 Å². The predicted octanol–water partition coefficient (Wildman–Crippen LogP) is 3.90. The third kappa shape index (κ3) is 3.18. The van der Waals surface area contributed by atoms with E-state index in [-0.39, 0.29) is 17.3 Å². The summed E-state index contributed by atoms with van der Waals surface area (Å²) in [5.74, 6) is -0.0797. The molecule has 0 amide bonds. The van der Waals surface area contributed by atoms with Crippen LogP contribution in [0.3, 0.4) is 0 Å². The molecule has 2 aliphatic rings. The molecule has 2 aliphatic heterocycles. The van der Waals surface area contributed by atoms with Gasteiger partial charge in [-0.05, 0) is 25.1 Å². The minimum Gasteiger partial charge on any atom is -0.353 e. The Morgan fingerprint density at radius 1 is 1.27 bits per heavy atom. The van der Waals surface area contributed by atoms with Crippen LogP contribution in [0.15, 0.2) is 34.0 Å². The van der Waals surface area contributed by atoms with Crippen LogP contribution in [0, 0.1) is 11.6 Å². The van der Waals surface area contributed by atoms with Crippen molar-refractivity contribution in [1.29, 1.82) is 0 Å². The lowest BCUT2D eigenvalue weighted by Gasteiger charge is -2.34. The standard InChI is InChI=1S/C21H19ClF2N4OS/c1-11-10-27(5-4-25-11)20-14-9-15(22)17(13-3-2-12(23)8-16(13)24)19-18(14)28(6-7-30-19)21(29)26-20/h2-3,8-9,11,25H,4-7,10H2,1H3/t11-/m0/s1. The summed E-state index contributed by atoms with van der Waals surface area (Å²) in [4.78, 5) is 20.1. The van der Waals surface area contributed by atoms with Crippen LogP contribution in [0.5, 0.6) is 0 Å². The second kappa shape index (κ2) is 7.51. The summed E-state index contributed by atoms with van der Waals surface area (Å²) in [7, 11) is 0. The maximum atomic E-state index is 14.6. The van der Waals surface area contributed by atoms with Gasteiger partial charge in [-0.2, -0.15) is 4.98 Å². The molecule has 156 valence electrons. The molecule has 0 aliphatic carbocycles. The van der Waals surface area contributed by atoms with Crippen molar-refractivity contribution in [3.05, 3.63) is 51.4 Å². The van der Waals surface area contributed by atoms with E-state index in [0.29, 0.717) is 28.7 Å². The highest BCUT2D eigenvalue weighted by molar-refractivity contribution is 7.99. The van der Waals surface area contributed by atoms with Gasteiger partial charge in [-0.3, -0.25) is 4.57 Å². The number of halogens is 3. The normalized spacial score (nSPS) is 18.8. The summed E-state index contributed by atoms with van der Waals surface area (Å²) in [6, 6.07) is 5.49. The number of aromatic nitrogens is 2. The van der Waals surface area contributed by atoms with Crippen molar-refractivity contribution in [2.45, 2.75) is 24.4 Å². The van der Waals surface area contributed by atoms with Crippen molar-refractivity contribution in [3.63, 3.8) is 0 Å². The Morgan fingerprint density at radius 2 is 2.10 bits per heavy atom. The van der Waals surface area contributed by atoms with E-state index in [0.717, 1.165) is 41.5 Å². The number of hydrogen-bond acceptors (Lipinski definition) is 5. The first-order valence-corrected chi connectivity index (χ1v) is 11.1. The van der Waals surface area contributed by atoms with Crippen LogP contribution in [0.4, 0.5) is 14.6 Å². The molecule has 1 saturated heterocycles. The van der Waals surface area contributed by atoms with Gasteiger partial charge in [0.25, 0.3) is 0 Å². The average molecular weight is 449 g/mol. The highest BCUT2D eigenvalue weighted by atomic mass is 35.5. The van der Waals surface area contributed by atoms with E-state index < -0.39 is 11.6 Å². The van der Waals surface area contributed by atoms with Gasteiger partial charge in [0, 0.05) is 65.4 Å². The first-order chi connectivity index (χ1) is 14.4. The molecule has 9 heteroatoms. The lowest BCUT2D eigenvalue weighted by molar-refractivity contribution is 0.482. The quantitative estimate of drug-likeness (QED) is 0.644. The van der Waals surface area contributed by atoms with Crippen LogP contribution < -0.4 is 15.9 Å². The summed E-state index contributed by atoms with van der Waals surface area (Å²) >= 11 is 8.20. The summed E-state index contributed by atoms with van der Waals surface area (Å²) in [6.07, 6.45) is 0. The van der Waals surface area contributed by atoms with Crippen molar-refractivity contribution in [3.8, 4) is 11.1 Å². The molecule has 1 atom stereocenters. The first kappa shape index (κ1) is 19.8. The lowest BCUT2D eigenvalue weighted by atomic mass is 10.0. The number of thioether (sulfide) groups is 1. The van der Waals surface area contributed by atoms with Crippen LogP contribution in [-0.2, 0) is 6.54 Å². The van der Waals surface area contributed by atoms with Gasteiger partial charge in [0.15, 0.2) is 0 Å². The van der Waals surface area contributed by atoms with Crippen molar-refractivity contribution < 1.29 is 8.78 Å². The molecule has 1 aromatic heterocycles. The number of aryl methyl sites for hydroxylation is 1. The Hall–Kier alpha value is -2.16. The average Bonchev–Trinajstić information content (AvgIpc) is 2.71. The van der Waals surface area contributed by atoms with Crippen LogP contribution in [0.25, 0.3) is 22.0 Å². The predicted molar refractivity (Wildman–Crippen MR) is 117 cm³/mol. The lowest BCUT2D eigenvalue weighted by Crippen LogP contribution is -2.50. The van der Waals surface area contributed by atoms with Gasteiger partial charge in [-0.25, -0.2) is 13.6 Å². The molecule has 2 aromatic carbocycles. The highest BCUT2D eigenvalue weighted by Gasteiger charge is 2.28. The Kier molecular flexibility index (Phi) is 4.95. The molecule has 5 nitrogen and oxygen atoms in total. The zero-order valence-corrected chi connectivity index (χ0v) is 17.8. The molecule has 0 unspecified atom stereocenters. The Labute approximate surface area is 181 Å². The van der Waals surface area contributed by atoms with Crippen molar-refractivity contribution in [2.75, 3.05) is 30.3 Å². The number of hydrogen-bond donors (Lipinski definition) is 1. The number of nitrogens with one attached hydrogen (secondary N) is 1. The second-order valence-electron chi connectivity index (χ2n) is 7.60. The summed E-state index contributed by atoms with van der Waals surface area (Å²) < 4.78 is 29.8. The van der Waals surface area contributed by atoms with Crippen molar-refractivity contribution in [1.82, 2.24) is 14.9 Å². The van der Waals surface area contributed by atoms with E-state index in [2.05, 4.69) is 22.1 Å². The van der Waals surface area contributed by atoms with Crippen molar-refractivity contribution in [2.24, 2.45) is 0 Å². The Morgan fingerprint density at radius 3 is 2.87 bits per heavy atom. The van der Waals surface area contributed by atoms with Gasteiger partial charge in [0.05, 0.1) is 10.5 Å². The molecular weight excluding hydrogens is 430 g/mol. The minimum atomic E-state index is -0.683. The maximum absolute atomic E-state index is 14.6. The number of piperazine rings is 1. The Balaban J connectivity index is 1.81. The number of rotatable bonds is 2. The minimum absolute atomic E-state index is 0.223. The second-order valence-corrected chi connectivity index (χ2v) is 9.11. The fraction of sp³-hybridized carbons (Fsp3) is 0.333. The van der Waals surface area contributed by atoms with E-state index in [9.17, 15) is 13.6 Å². The fourth-order valence-corrected chi connectivity index (χ4v) is 5.82. The smallest absolute Gasteiger partial charge is 0.350 e. The van der Waals surface area contributed by atoms with Crippen LogP contribution in [0.1, 0.15) is 6.92 Å². The molecule has 5 rings (SSSR count). The zero-order chi connectivity index (χ0) is 21.0. The molecule has 3 aromatic rings. The van der Waals surface area contributed by atoms with Crippen LogP contribution in [-0.4, -0.2) is 41.0 Å². The third-order valence-corrected chi connectivity index (χ3v) is 6.95. The van der Waals surface area contributed by atoms with Gasteiger partial charge >= 0.3 is 5.69 Å². The van der Waals surface area contributed by atoms with E-state index in [1.165, 1.54) is 23.9 Å². The highest BCUT2D eigenvalue weighted by Crippen LogP contribution is 2.46. The number of benzene rings is 2. The maximum Gasteiger partial charge on any atom is 0.350 e. The molecule has 0 radical (unpaired) electrons. The number of anilines is 1. The molecule has 30 heavy (non-hydrogen) atoms. The topological polar surface area (TPSA) is 50.2 Å². The molecule has 3 heterocycles.